The summed E-state index contributed by atoms with van der Waals surface area (Å²) in [6.45, 7) is 3.25. The topological polar surface area (TPSA) is 71.0 Å². The van der Waals surface area contributed by atoms with Crippen LogP contribution < -0.4 is 9.64 Å². The molecule has 0 spiro atoms. The first-order valence-electron chi connectivity index (χ1n) is 15.7. The fourth-order valence-corrected chi connectivity index (χ4v) is 8.08. The predicted molar refractivity (Wildman–Crippen MR) is 165 cm³/mol. The van der Waals surface area contributed by atoms with E-state index in [0.29, 0.717) is 61.1 Å². The first-order valence-corrected chi connectivity index (χ1v) is 15.7. The van der Waals surface area contributed by atoms with Crippen LogP contribution in [0.3, 0.4) is 0 Å². The molecule has 45 heavy (non-hydrogen) atoms. The molecule has 5 heterocycles. The number of nitrogens with zero attached hydrogens (tertiary/aromatic N) is 4. The Labute approximate surface area is 259 Å². The number of aryl methyl sites for hydroxylation is 1. The number of hydrogen-bond donors (Lipinski definition) is 1. The highest BCUT2D eigenvalue weighted by atomic mass is 19.1. The monoisotopic (exact) mass is 614 g/mol. The molecular weight excluding hydrogens is 581 g/mol. The molecular formula is C35H33F3N4O3. The minimum atomic E-state index is -0.911. The number of hydrogen-bond acceptors (Lipinski definition) is 7. The number of alkyl halides is 1. The average molecular weight is 615 g/mol. The summed E-state index contributed by atoms with van der Waals surface area (Å²) in [6.07, 6.45) is 9.14. The number of anilines is 1. The number of halogens is 3. The van der Waals surface area contributed by atoms with Gasteiger partial charge in [0.2, 0.25) is 0 Å². The lowest BCUT2D eigenvalue weighted by molar-refractivity contribution is 0.107. The number of ether oxygens (including phenoxy) is 2. The van der Waals surface area contributed by atoms with E-state index in [-0.39, 0.29) is 46.6 Å². The Bertz CT molecular complexity index is 1890. The molecule has 0 aliphatic carbocycles. The zero-order chi connectivity index (χ0) is 30.9. The lowest BCUT2D eigenvalue weighted by Crippen LogP contribution is -2.43. The number of aromatic hydroxyl groups is 1. The Morgan fingerprint density at radius 3 is 2.87 bits per heavy atom. The maximum absolute atomic E-state index is 17.0. The van der Waals surface area contributed by atoms with Crippen LogP contribution in [0.2, 0.25) is 0 Å². The highest BCUT2D eigenvalue weighted by Gasteiger charge is 2.49. The van der Waals surface area contributed by atoms with Crippen LogP contribution in [0.25, 0.3) is 32.8 Å². The summed E-state index contributed by atoms with van der Waals surface area (Å²) in [5.74, 6) is 1.67. The molecule has 1 aromatic heterocycles. The normalized spacial score (nSPS) is 24.7. The largest absolute Gasteiger partial charge is 0.508 e. The van der Waals surface area contributed by atoms with Crippen LogP contribution in [-0.2, 0) is 11.2 Å². The smallest absolute Gasteiger partial charge is 0.319 e. The lowest BCUT2D eigenvalue weighted by Gasteiger charge is -2.31. The molecule has 0 unspecified atom stereocenters. The number of terminal acetylenes is 1. The van der Waals surface area contributed by atoms with E-state index >= 15 is 4.39 Å². The summed E-state index contributed by atoms with van der Waals surface area (Å²) < 4.78 is 58.6. The van der Waals surface area contributed by atoms with Crippen molar-refractivity contribution >= 4 is 27.5 Å². The molecule has 8 rings (SSSR count). The molecule has 0 radical (unpaired) electrons. The highest BCUT2D eigenvalue weighted by Crippen LogP contribution is 2.44. The zero-order valence-corrected chi connectivity index (χ0v) is 24.8. The third kappa shape index (κ3) is 4.59. The third-order valence-corrected chi connectivity index (χ3v) is 10.1. The maximum Gasteiger partial charge on any atom is 0.319 e. The maximum atomic E-state index is 17.0. The first kappa shape index (κ1) is 28.4. The predicted octanol–water partition coefficient (Wildman–Crippen LogP) is 5.91. The number of aromatic nitrogens is 2. The van der Waals surface area contributed by atoms with E-state index in [0.717, 1.165) is 37.8 Å². The summed E-state index contributed by atoms with van der Waals surface area (Å²) in [6, 6.07) is 7.47. The van der Waals surface area contributed by atoms with Crippen molar-refractivity contribution in [1.29, 1.82) is 0 Å². The van der Waals surface area contributed by atoms with Gasteiger partial charge in [0, 0.05) is 42.5 Å². The number of rotatable bonds is 4. The van der Waals surface area contributed by atoms with Gasteiger partial charge in [-0.1, -0.05) is 12.0 Å². The summed E-state index contributed by atoms with van der Waals surface area (Å²) in [4.78, 5) is 13.9. The van der Waals surface area contributed by atoms with Gasteiger partial charge >= 0.3 is 6.01 Å². The van der Waals surface area contributed by atoms with Gasteiger partial charge in [-0.2, -0.15) is 9.97 Å². The van der Waals surface area contributed by atoms with Crippen LogP contribution in [0, 0.1) is 24.0 Å². The SMILES string of the molecule is C#Cc1c(F)ccc2cc(O)cc(-c3cc4c5c(nc(OC[C@@]67CCCN6C[C@H](F)C7)nc5c3F)N3CCCOC[C@H]3CC4)c12. The average Bonchev–Trinajstić information content (AvgIpc) is 3.38. The fraction of sp³-hybridized carbons (Fsp3) is 0.429. The number of phenols is 1. The van der Waals surface area contributed by atoms with Crippen molar-refractivity contribution in [2.45, 2.75) is 56.3 Å². The van der Waals surface area contributed by atoms with Crippen molar-refractivity contribution in [3.8, 4) is 35.2 Å². The minimum Gasteiger partial charge on any atom is -0.508 e. The molecule has 10 heteroatoms. The summed E-state index contributed by atoms with van der Waals surface area (Å²) in [5, 5.41) is 12.1. The van der Waals surface area contributed by atoms with E-state index in [1.807, 2.05) is 0 Å². The molecule has 4 aliphatic heterocycles. The van der Waals surface area contributed by atoms with Gasteiger partial charge in [0.1, 0.15) is 35.7 Å². The van der Waals surface area contributed by atoms with E-state index < -0.39 is 23.3 Å². The van der Waals surface area contributed by atoms with Crippen LogP contribution >= 0.6 is 0 Å². The zero-order valence-electron chi connectivity index (χ0n) is 24.8. The molecule has 0 bridgehead atoms. The molecule has 232 valence electrons. The minimum absolute atomic E-state index is 0.00565. The van der Waals surface area contributed by atoms with Gasteiger partial charge in [-0.3, -0.25) is 4.90 Å². The van der Waals surface area contributed by atoms with Gasteiger partial charge < -0.3 is 19.5 Å². The Hall–Kier alpha value is -4.07. The first-order chi connectivity index (χ1) is 21.8. The highest BCUT2D eigenvalue weighted by molar-refractivity contribution is 6.05. The van der Waals surface area contributed by atoms with Crippen LogP contribution in [0.15, 0.2) is 30.3 Å². The van der Waals surface area contributed by atoms with Crippen molar-refractivity contribution in [2.24, 2.45) is 0 Å². The number of phenolic OH excluding ortho intramolecular Hbond substituents is 1. The van der Waals surface area contributed by atoms with Crippen molar-refractivity contribution in [1.82, 2.24) is 14.9 Å². The molecule has 1 N–H and O–H groups in total. The second kappa shape index (κ2) is 10.8. The van der Waals surface area contributed by atoms with Crippen molar-refractivity contribution in [2.75, 3.05) is 44.4 Å². The van der Waals surface area contributed by atoms with Crippen molar-refractivity contribution in [3.63, 3.8) is 0 Å². The van der Waals surface area contributed by atoms with Crippen LogP contribution in [-0.4, -0.2) is 77.2 Å². The van der Waals surface area contributed by atoms with Crippen LogP contribution in [0.4, 0.5) is 19.0 Å². The van der Waals surface area contributed by atoms with Crippen molar-refractivity contribution in [3.05, 3.63) is 53.1 Å². The van der Waals surface area contributed by atoms with Gasteiger partial charge in [-0.25, -0.2) is 13.2 Å². The third-order valence-electron chi connectivity index (χ3n) is 10.1. The summed E-state index contributed by atoms with van der Waals surface area (Å²) in [5.41, 5.74) is 0.919. The van der Waals surface area contributed by atoms with E-state index in [4.69, 9.17) is 20.9 Å². The molecule has 3 atom stereocenters. The molecule has 0 amide bonds. The van der Waals surface area contributed by atoms with Crippen LogP contribution in [0.1, 0.15) is 43.2 Å². The molecule has 3 aromatic carbocycles. The molecule has 3 fully saturated rings. The van der Waals surface area contributed by atoms with Gasteiger partial charge in [0.25, 0.3) is 0 Å². The quantitative estimate of drug-likeness (QED) is 0.287. The van der Waals surface area contributed by atoms with Gasteiger partial charge in [-0.05, 0) is 79.4 Å². The second-order valence-corrected chi connectivity index (χ2v) is 12.8. The Balaban J connectivity index is 1.33. The van der Waals surface area contributed by atoms with Gasteiger partial charge in [0.15, 0.2) is 5.82 Å². The summed E-state index contributed by atoms with van der Waals surface area (Å²) >= 11 is 0. The molecule has 4 aliphatic rings. The number of fused-ring (bicyclic) bond motifs is 4. The van der Waals surface area contributed by atoms with Crippen LogP contribution in [0.5, 0.6) is 11.8 Å². The Morgan fingerprint density at radius 1 is 1.11 bits per heavy atom. The molecule has 3 saturated heterocycles. The van der Waals surface area contributed by atoms with E-state index in [1.165, 1.54) is 24.3 Å². The molecule has 0 saturated carbocycles. The van der Waals surface area contributed by atoms with E-state index in [9.17, 15) is 13.9 Å². The Morgan fingerprint density at radius 2 is 2.00 bits per heavy atom. The van der Waals surface area contributed by atoms with E-state index in [1.54, 1.807) is 6.07 Å². The van der Waals surface area contributed by atoms with Gasteiger partial charge in [-0.15, -0.1) is 6.42 Å². The summed E-state index contributed by atoms with van der Waals surface area (Å²) in [7, 11) is 0. The Kier molecular flexibility index (Phi) is 6.80. The van der Waals surface area contributed by atoms with Crippen molar-refractivity contribution < 1.29 is 27.8 Å². The fourth-order valence-electron chi connectivity index (χ4n) is 8.08. The second-order valence-electron chi connectivity index (χ2n) is 12.8. The van der Waals surface area contributed by atoms with Gasteiger partial charge in [0.05, 0.1) is 23.8 Å². The molecule has 4 aromatic rings. The van der Waals surface area contributed by atoms with E-state index in [2.05, 4.69) is 20.7 Å². The number of benzene rings is 3. The molecule has 7 nitrogen and oxygen atoms in total. The standard InChI is InChI=1S/C35H33F3N4O3/c1-2-25-28(37)8-6-20-13-24(43)15-26(29(20)25)27-14-21-5-7-23-18-44-12-4-11-42(23)33-30(21)32(31(27)38)39-34(40-33)45-19-35-9-3-10-41(35)17-22(36)16-35/h1,6,8,13-15,22-23,43H,3-5,7,9-12,16-19H2/t22-,23-,35+/m1/s1. The lowest BCUT2D eigenvalue weighted by atomic mass is 9.91.